The minimum absolute atomic E-state index is 0.222. The van der Waals surface area contributed by atoms with Gasteiger partial charge in [-0.1, -0.05) is 59.3 Å². The van der Waals surface area contributed by atoms with E-state index in [1.165, 1.54) is 45.1 Å². The molecule has 0 aliphatic rings. The van der Waals surface area contributed by atoms with Gasteiger partial charge in [0.15, 0.2) is 0 Å². The van der Waals surface area contributed by atoms with Crippen LogP contribution in [0.5, 0.6) is 0 Å². The highest BCUT2D eigenvalue weighted by Gasteiger charge is 2.05. The first-order valence-corrected chi connectivity index (χ1v) is 9.29. The normalized spacial score (nSPS) is 12.5. The first-order valence-electron chi connectivity index (χ1n) is 9.29. The average Bonchev–Trinajstić information content (AvgIpc) is 2.43. The highest BCUT2D eigenvalue weighted by molar-refractivity contribution is 5.67. The number of hydrogen-bond acceptors (Lipinski definition) is 2. The lowest BCUT2D eigenvalue weighted by atomic mass is 10.00. The molecule has 0 saturated carbocycles. The average molecular weight is 316 g/mol. The number of carbonyl (C=O) groups excluding carboxylic acids is 1. The quantitative estimate of drug-likeness (QED) is 0.403. The van der Waals surface area contributed by atoms with Gasteiger partial charge in [-0.3, -0.25) is 0 Å². The Balaban J connectivity index is 0. The zero-order chi connectivity index (χ0) is 17.4. The van der Waals surface area contributed by atoms with Crippen LogP contribution in [-0.4, -0.2) is 38.1 Å². The van der Waals surface area contributed by atoms with Crippen LogP contribution in [-0.2, 0) is 4.79 Å². The minimum atomic E-state index is -0.893. The van der Waals surface area contributed by atoms with Gasteiger partial charge in [0, 0.05) is 5.97 Å². The van der Waals surface area contributed by atoms with Crippen LogP contribution >= 0.6 is 0 Å². The number of carboxylic acid groups (broad SMARTS) is 1. The van der Waals surface area contributed by atoms with Gasteiger partial charge < -0.3 is 14.4 Å². The van der Waals surface area contributed by atoms with Gasteiger partial charge in [-0.15, -0.1) is 0 Å². The fourth-order valence-electron chi connectivity index (χ4n) is 2.31. The summed E-state index contributed by atoms with van der Waals surface area (Å²) in [4.78, 5) is 10.3. The van der Waals surface area contributed by atoms with Crippen molar-refractivity contribution in [3.8, 4) is 0 Å². The van der Waals surface area contributed by atoms with Crippen molar-refractivity contribution < 1.29 is 14.4 Å². The molecule has 1 unspecified atom stereocenters. The summed E-state index contributed by atoms with van der Waals surface area (Å²) < 4.78 is 1.12. The smallest absolute Gasteiger partial charge is 0.0780 e. The lowest BCUT2D eigenvalue weighted by Crippen LogP contribution is -2.35. The molecule has 0 rings (SSSR count). The molecule has 1 atom stereocenters. The number of rotatable bonds is 12. The summed E-state index contributed by atoms with van der Waals surface area (Å²) in [6.45, 7) is 7.54. The van der Waals surface area contributed by atoms with Crippen LogP contribution < -0.4 is 5.11 Å². The summed E-state index contributed by atoms with van der Waals surface area (Å²) in [5.41, 5.74) is 0. The molecule has 3 nitrogen and oxygen atoms in total. The van der Waals surface area contributed by atoms with E-state index in [1.807, 2.05) is 6.92 Å². The van der Waals surface area contributed by atoms with Crippen LogP contribution in [0, 0.1) is 5.92 Å². The van der Waals surface area contributed by atoms with E-state index in [4.69, 9.17) is 0 Å². The molecule has 0 heterocycles. The summed E-state index contributed by atoms with van der Waals surface area (Å²) in [5.74, 6) is -1.11. The molecular weight excluding hydrogens is 274 g/mol. The molecular formula is C19H41NO2. The van der Waals surface area contributed by atoms with Crippen LogP contribution in [0.25, 0.3) is 0 Å². The molecule has 0 bridgehead atoms. The maximum absolute atomic E-state index is 10.3. The molecule has 22 heavy (non-hydrogen) atoms. The topological polar surface area (TPSA) is 40.1 Å². The number of quaternary nitrogens is 1. The third kappa shape index (κ3) is 19.4. The maximum Gasteiger partial charge on any atom is 0.0780 e. The van der Waals surface area contributed by atoms with Crippen LogP contribution in [0.1, 0.15) is 85.0 Å². The Bertz CT molecular complexity index is 246. The molecule has 134 valence electrons. The number of aliphatic carboxylic acids is 1. The number of carboxylic acids is 1. The predicted molar refractivity (Wildman–Crippen MR) is 94.6 cm³/mol. The van der Waals surface area contributed by atoms with Gasteiger partial charge in [-0.25, -0.2) is 0 Å². The second-order valence-electron chi connectivity index (χ2n) is 7.35. The van der Waals surface area contributed by atoms with Crippen LogP contribution in [0.15, 0.2) is 0 Å². The lowest BCUT2D eigenvalue weighted by Gasteiger charge is -2.23. The molecule has 0 aliphatic carbocycles. The van der Waals surface area contributed by atoms with Gasteiger partial charge in [-0.05, 0) is 31.6 Å². The van der Waals surface area contributed by atoms with Crippen LogP contribution in [0.2, 0.25) is 0 Å². The Morgan fingerprint density at radius 1 is 0.864 bits per heavy atom. The predicted octanol–water partition coefficient (Wildman–Crippen LogP) is 4.01. The molecule has 0 aromatic carbocycles. The van der Waals surface area contributed by atoms with Gasteiger partial charge in [0.1, 0.15) is 0 Å². The van der Waals surface area contributed by atoms with Crippen LogP contribution in [0.4, 0.5) is 0 Å². The highest BCUT2D eigenvalue weighted by Crippen LogP contribution is 2.10. The van der Waals surface area contributed by atoms with Crippen LogP contribution in [0.3, 0.4) is 0 Å². The van der Waals surface area contributed by atoms with Gasteiger partial charge >= 0.3 is 0 Å². The van der Waals surface area contributed by atoms with Gasteiger partial charge in [-0.2, -0.15) is 0 Å². The standard InChI is InChI=1S/C11H26N.C8H16O2/c1-5-6-7-8-9-10-11-12(2,3)4;1-3-5-6-7(4-2)8(9)10/h5-11H2,1-4H3;7H,3-6H2,1-2H3,(H,9,10)/q+1;/p-1. The van der Waals surface area contributed by atoms with E-state index >= 15 is 0 Å². The first kappa shape index (κ1) is 23.7. The molecule has 3 heteroatoms. The van der Waals surface area contributed by atoms with E-state index in [1.54, 1.807) is 0 Å². The molecule has 0 N–H and O–H groups in total. The number of hydrogen-bond donors (Lipinski definition) is 0. The molecule has 0 spiro atoms. The van der Waals surface area contributed by atoms with Crippen molar-refractivity contribution in [2.45, 2.75) is 85.0 Å². The Labute approximate surface area is 139 Å². The molecule has 0 aliphatic heterocycles. The van der Waals surface area contributed by atoms with Crippen molar-refractivity contribution in [1.29, 1.82) is 0 Å². The summed E-state index contributed by atoms with van der Waals surface area (Å²) >= 11 is 0. The van der Waals surface area contributed by atoms with Crippen molar-refractivity contribution in [2.75, 3.05) is 27.7 Å². The zero-order valence-corrected chi connectivity index (χ0v) is 16.1. The number of nitrogens with zero attached hydrogens (tertiary/aromatic N) is 1. The van der Waals surface area contributed by atoms with Gasteiger partial charge in [0.05, 0.1) is 27.7 Å². The van der Waals surface area contributed by atoms with E-state index in [-0.39, 0.29) is 5.92 Å². The van der Waals surface area contributed by atoms with Gasteiger partial charge in [0.2, 0.25) is 0 Å². The van der Waals surface area contributed by atoms with E-state index in [0.29, 0.717) is 6.42 Å². The first-order chi connectivity index (χ1) is 10.3. The monoisotopic (exact) mass is 315 g/mol. The van der Waals surface area contributed by atoms with E-state index in [0.717, 1.165) is 23.7 Å². The Hall–Kier alpha value is -0.570. The summed E-state index contributed by atoms with van der Waals surface area (Å²) in [6.07, 6.45) is 12.0. The minimum Gasteiger partial charge on any atom is -0.550 e. The fourth-order valence-corrected chi connectivity index (χ4v) is 2.31. The van der Waals surface area contributed by atoms with Gasteiger partial charge in [0.25, 0.3) is 0 Å². The maximum atomic E-state index is 10.3. The lowest BCUT2D eigenvalue weighted by molar-refractivity contribution is -0.870. The third-order valence-corrected chi connectivity index (χ3v) is 3.91. The van der Waals surface area contributed by atoms with E-state index < -0.39 is 5.97 Å². The van der Waals surface area contributed by atoms with Crippen molar-refractivity contribution in [3.05, 3.63) is 0 Å². The van der Waals surface area contributed by atoms with Crippen molar-refractivity contribution >= 4 is 5.97 Å². The molecule has 0 aromatic rings. The molecule has 0 saturated heterocycles. The Kier molecular flexibility index (Phi) is 16.5. The second kappa shape index (κ2) is 15.3. The van der Waals surface area contributed by atoms with Crippen molar-refractivity contribution in [1.82, 2.24) is 0 Å². The number of carbonyl (C=O) groups is 1. The fraction of sp³-hybridized carbons (Fsp3) is 0.947. The summed E-state index contributed by atoms with van der Waals surface area (Å²) in [6, 6.07) is 0. The highest BCUT2D eigenvalue weighted by atomic mass is 16.4. The molecule has 0 radical (unpaired) electrons. The molecule has 0 aromatic heterocycles. The Morgan fingerprint density at radius 2 is 1.36 bits per heavy atom. The van der Waals surface area contributed by atoms with E-state index in [9.17, 15) is 9.90 Å². The number of unbranched alkanes of at least 4 members (excludes halogenated alkanes) is 6. The van der Waals surface area contributed by atoms with Crippen molar-refractivity contribution in [3.63, 3.8) is 0 Å². The zero-order valence-electron chi connectivity index (χ0n) is 16.1. The Morgan fingerprint density at radius 3 is 1.77 bits per heavy atom. The van der Waals surface area contributed by atoms with Crippen molar-refractivity contribution in [2.24, 2.45) is 5.92 Å². The van der Waals surface area contributed by atoms with E-state index in [2.05, 4.69) is 35.0 Å². The third-order valence-electron chi connectivity index (χ3n) is 3.91. The largest absolute Gasteiger partial charge is 0.550 e. The summed E-state index contributed by atoms with van der Waals surface area (Å²) in [5, 5.41) is 10.3. The SMILES string of the molecule is CCCCC(CC)C(=O)[O-].CCCCCCCC[N+](C)(C)C. The molecule has 0 amide bonds. The summed E-state index contributed by atoms with van der Waals surface area (Å²) in [7, 11) is 6.81. The molecule has 0 fully saturated rings. The second-order valence-corrected chi connectivity index (χ2v) is 7.35.